The van der Waals surface area contributed by atoms with Crippen molar-refractivity contribution in [3.8, 4) is 6.01 Å². The lowest BCUT2D eigenvalue weighted by molar-refractivity contribution is 0.125. The van der Waals surface area contributed by atoms with E-state index >= 15 is 0 Å². The van der Waals surface area contributed by atoms with Gasteiger partial charge in [-0.05, 0) is 24.3 Å². The van der Waals surface area contributed by atoms with Crippen molar-refractivity contribution in [2.24, 2.45) is 0 Å². The molecule has 30 heavy (non-hydrogen) atoms. The predicted molar refractivity (Wildman–Crippen MR) is 108 cm³/mol. The summed E-state index contributed by atoms with van der Waals surface area (Å²) < 4.78 is 31.2. The van der Waals surface area contributed by atoms with Gasteiger partial charge in [0, 0.05) is 44.6 Å². The molecule has 2 aromatic heterocycles. The maximum Gasteiger partial charge on any atom is 0.316 e. The Bertz CT molecular complexity index is 1080. The van der Waals surface area contributed by atoms with Crippen LogP contribution in [-0.2, 0) is 13.1 Å². The highest BCUT2D eigenvalue weighted by molar-refractivity contribution is 5.81. The summed E-state index contributed by atoms with van der Waals surface area (Å²) in [5, 5.41) is 0.346. The molecule has 158 valence electrons. The van der Waals surface area contributed by atoms with Crippen LogP contribution in [0.5, 0.6) is 6.01 Å². The first-order valence-corrected chi connectivity index (χ1v) is 9.64. The van der Waals surface area contributed by atoms with Crippen molar-refractivity contribution in [3.05, 3.63) is 52.8 Å². The molecule has 0 spiro atoms. The SMILES string of the molecule is COc1nccc(CN2CCN(c3ccc4c(=O)n(CC(F)F)cnc4c3)CC2)n1. The van der Waals surface area contributed by atoms with Crippen molar-refractivity contribution in [2.75, 3.05) is 38.2 Å². The fourth-order valence-corrected chi connectivity index (χ4v) is 3.58. The maximum absolute atomic E-state index is 12.6. The number of piperazine rings is 1. The highest BCUT2D eigenvalue weighted by Crippen LogP contribution is 2.21. The molecular formula is C20H22F2N6O2. The number of anilines is 1. The highest BCUT2D eigenvalue weighted by Gasteiger charge is 2.19. The number of rotatable bonds is 6. The molecule has 8 nitrogen and oxygen atoms in total. The zero-order valence-electron chi connectivity index (χ0n) is 16.5. The van der Waals surface area contributed by atoms with Crippen LogP contribution >= 0.6 is 0 Å². The second-order valence-electron chi connectivity index (χ2n) is 7.09. The lowest BCUT2D eigenvalue weighted by atomic mass is 10.2. The average Bonchev–Trinajstić information content (AvgIpc) is 2.76. The smallest absolute Gasteiger partial charge is 0.316 e. The number of hydrogen-bond donors (Lipinski definition) is 0. The van der Waals surface area contributed by atoms with Gasteiger partial charge in [0.2, 0.25) is 0 Å². The minimum absolute atomic E-state index is 0.346. The van der Waals surface area contributed by atoms with Crippen LogP contribution in [0.3, 0.4) is 0 Å². The molecule has 0 radical (unpaired) electrons. The van der Waals surface area contributed by atoms with Gasteiger partial charge >= 0.3 is 6.01 Å². The van der Waals surface area contributed by atoms with E-state index in [0.29, 0.717) is 16.9 Å². The third kappa shape index (κ3) is 4.38. The molecule has 3 heterocycles. The molecule has 0 atom stereocenters. The van der Waals surface area contributed by atoms with Crippen molar-refractivity contribution < 1.29 is 13.5 Å². The van der Waals surface area contributed by atoms with Crippen LogP contribution in [0.15, 0.2) is 41.6 Å². The highest BCUT2D eigenvalue weighted by atomic mass is 19.3. The summed E-state index contributed by atoms with van der Waals surface area (Å²) in [7, 11) is 1.55. The first kappa shape index (κ1) is 20.1. The number of ether oxygens (including phenoxy) is 1. The van der Waals surface area contributed by atoms with Gasteiger partial charge < -0.3 is 9.64 Å². The van der Waals surface area contributed by atoms with E-state index in [9.17, 15) is 13.6 Å². The number of hydrogen-bond acceptors (Lipinski definition) is 7. The molecule has 1 aliphatic rings. The van der Waals surface area contributed by atoms with Crippen molar-refractivity contribution in [1.82, 2.24) is 24.4 Å². The number of fused-ring (bicyclic) bond motifs is 1. The standard InChI is InChI=1S/C20H22F2N6O2/c1-30-20-23-5-4-14(25-20)11-26-6-8-27(9-7-26)15-2-3-16-17(10-15)24-13-28(19(16)29)12-18(21)22/h2-5,10,13,18H,6-9,11-12H2,1H3. The Morgan fingerprint density at radius 1 is 1.13 bits per heavy atom. The lowest BCUT2D eigenvalue weighted by Crippen LogP contribution is -2.46. The van der Waals surface area contributed by atoms with Gasteiger partial charge in [-0.25, -0.2) is 18.7 Å². The fourth-order valence-electron chi connectivity index (χ4n) is 3.58. The summed E-state index contributed by atoms with van der Waals surface area (Å²) in [4.78, 5) is 29.5. The number of benzene rings is 1. The molecule has 0 amide bonds. The van der Waals surface area contributed by atoms with Gasteiger partial charge in [-0.1, -0.05) is 0 Å². The molecule has 1 aliphatic heterocycles. The molecule has 1 saturated heterocycles. The van der Waals surface area contributed by atoms with E-state index in [2.05, 4.69) is 24.8 Å². The molecule has 0 saturated carbocycles. The van der Waals surface area contributed by atoms with Crippen LogP contribution in [0, 0.1) is 0 Å². The van der Waals surface area contributed by atoms with Crippen LogP contribution in [-0.4, -0.2) is 64.1 Å². The van der Waals surface area contributed by atoms with Gasteiger partial charge in [-0.2, -0.15) is 4.98 Å². The zero-order valence-corrected chi connectivity index (χ0v) is 16.5. The Hall–Kier alpha value is -3.14. The molecule has 0 bridgehead atoms. The predicted octanol–water partition coefficient (Wildman–Crippen LogP) is 1.78. The second-order valence-corrected chi connectivity index (χ2v) is 7.09. The molecule has 1 aromatic carbocycles. The van der Waals surface area contributed by atoms with E-state index < -0.39 is 18.5 Å². The third-order valence-corrected chi connectivity index (χ3v) is 5.14. The lowest BCUT2D eigenvalue weighted by Gasteiger charge is -2.36. The van der Waals surface area contributed by atoms with Gasteiger partial charge in [-0.15, -0.1) is 0 Å². The van der Waals surface area contributed by atoms with Crippen LogP contribution in [0.25, 0.3) is 10.9 Å². The van der Waals surface area contributed by atoms with Crippen molar-refractivity contribution in [2.45, 2.75) is 19.5 Å². The molecule has 10 heteroatoms. The summed E-state index contributed by atoms with van der Waals surface area (Å²) in [6, 6.07) is 7.60. The molecule has 0 N–H and O–H groups in total. The summed E-state index contributed by atoms with van der Waals surface area (Å²) in [6.07, 6.45) is 0.282. The summed E-state index contributed by atoms with van der Waals surface area (Å²) in [5.74, 6) is 0. The molecule has 4 rings (SSSR count). The maximum atomic E-state index is 12.6. The molecule has 0 unspecified atom stereocenters. The molecule has 0 aliphatic carbocycles. The Balaban J connectivity index is 1.43. The van der Waals surface area contributed by atoms with Crippen molar-refractivity contribution in [3.63, 3.8) is 0 Å². The quantitative estimate of drug-likeness (QED) is 0.606. The normalized spacial score (nSPS) is 15.1. The Labute approximate surface area is 171 Å². The van der Waals surface area contributed by atoms with Crippen LogP contribution < -0.4 is 15.2 Å². The van der Waals surface area contributed by atoms with E-state index in [4.69, 9.17) is 4.74 Å². The largest absolute Gasteiger partial charge is 0.467 e. The van der Waals surface area contributed by atoms with Gasteiger partial charge in [0.1, 0.15) is 0 Å². The van der Waals surface area contributed by atoms with E-state index in [-0.39, 0.29) is 0 Å². The van der Waals surface area contributed by atoms with E-state index in [1.165, 1.54) is 6.33 Å². The topological polar surface area (TPSA) is 76.4 Å². The third-order valence-electron chi connectivity index (χ3n) is 5.14. The van der Waals surface area contributed by atoms with Gasteiger partial charge in [0.15, 0.2) is 0 Å². The van der Waals surface area contributed by atoms with Crippen LogP contribution in [0.1, 0.15) is 5.69 Å². The summed E-state index contributed by atoms with van der Waals surface area (Å²) >= 11 is 0. The Morgan fingerprint density at radius 3 is 2.67 bits per heavy atom. The van der Waals surface area contributed by atoms with E-state index in [1.807, 2.05) is 18.2 Å². The number of alkyl halides is 2. The zero-order chi connectivity index (χ0) is 21.1. The monoisotopic (exact) mass is 416 g/mol. The average molecular weight is 416 g/mol. The minimum Gasteiger partial charge on any atom is -0.467 e. The van der Waals surface area contributed by atoms with E-state index in [1.54, 1.807) is 19.4 Å². The van der Waals surface area contributed by atoms with Crippen LogP contribution in [0.4, 0.5) is 14.5 Å². The summed E-state index contributed by atoms with van der Waals surface area (Å²) in [6.45, 7) is 3.41. The van der Waals surface area contributed by atoms with Crippen LogP contribution in [0.2, 0.25) is 0 Å². The minimum atomic E-state index is -2.60. The summed E-state index contributed by atoms with van der Waals surface area (Å²) in [5.41, 5.74) is 1.94. The van der Waals surface area contributed by atoms with Crippen molar-refractivity contribution >= 4 is 16.6 Å². The Morgan fingerprint density at radius 2 is 1.93 bits per heavy atom. The molecular weight excluding hydrogens is 394 g/mol. The van der Waals surface area contributed by atoms with Gasteiger partial charge in [0.25, 0.3) is 12.0 Å². The molecule has 3 aromatic rings. The first-order chi connectivity index (χ1) is 14.5. The number of methoxy groups -OCH3 is 1. The van der Waals surface area contributed by atoms with Gasteiger partial charge in [-0.3, -0.25) is 14.3 Å². The fraction of sp³-hybridized carbons (Fsp3) is 0.400. The number of aromatic nitrogens is 4. The Kier molecular flexibility index (Phi) is 5.84. The van der Waals surface area contributed by atoms with Crippen molar-refractivity contribution in [1.29, 1.82) is 0 Å². The second kappa shape index (κ2) is 8.70. The van der Waals surface area contributed by atoms with Gasteiger partial charge in [0.05, 0.1) is 36.6 Å². The first-order valence-electron chi connectivity index (χ1n) is 9.64. The van der Waals surface area contributed by atoms with E-state index in [0.717, 1.165) is 48.7 Å². The number of halogens is 2. The molecule has 1 fully saturated rings. The number of nitrogens with zero attached hydrogens (tertiary/aromatic N) is 6.